The molecule has 2 aromatic carbocycles. The number of guanidine groups is 2. The number of nitrogens with zero attached hydrogens (tertiary/aromatic N) is 4. The van der Waals surface area contributed by atoms with E-state index >= 15 is 0 Å². The molecule has 2 aromatic rings. The highest BCUT2D eigenvalue weighted by Crippen LogP contribution is 2.30. The van der Waals surface area contributed by atoms with Crippen LogP contribution in [0, 0.1) is 10.1 Å². The molecule has 0 radical (unpaired) electrons. The second-order valence-corrected chi connectivity index (χ2v) is 8.47. The molecule has 0 aliphatic carbocycles. The second-order valence-electron chi connectivity index (χ2n) is 6.52. The number of nitrogens with two attached hydrogens (primary N) is 2. The minimum atomic E-state index is -3.83. The number of rotatable bonds is 4. The second kappa shape index (κ2) is 6.60. The van der Waals surface area contributed by atoms with Gasteiger partial charge in [0.05, 0.1) is 14.7 Å². The molecular weight excluding hydrogens is 384 g/mol. The summed E-state index contributed by atoms with van der Waals surface area (Å²) in [5.41, 5.74) is 11.2. The van der Waals surface area contributed by atoms with Crippen molar-refractivity contribution in [2.75, 3.05) is 4.90 Å². The fourth-order valence-corrected chi connectivity index (χ4v) is 4.17. The number of nitro benzene ring substituents is 1. The molecule has 4 N–H and O–H groups in total. The van der Waals surface area contributed by atoms with Gasteiger partial charge in [0, 0.05) is 17.8 Å². The van der Waals surface area contributed by atoms with Gasteiger partial charge in [-0.15, -0.1) is 0 Å². The standard InChI is InChI=1S/C17H18N6O4S/c1-17(2)21-15(18)20-16(19)22(17)11-3-7-13(8-4-11)28(26,27)14-9-5-12(6-10-14)23(24)25/h3-10H,1-2H3,(H4,18,19,20,21). The molecule has 0 atom stereocenters. The van der Waals surface area contributed by atoms with Crippen molar-refractivity contribution in [3.63, 3.8) is 0 Å². The summed E-state index contributed by atoms with van der Waals surface area (Å²) in [6, 6.07) is 10.7. The van der Waals surface area contributed by atoms with Crippen LogP contribution in [-0.4, -0.2) is 30.9 Å². The number of non-ortho nitro benzene ring substituents is 1. The van der Waals surface area contributed by atoms with Crippen molar-refractivity contribution < 1.29 is 13.3 Å². The highest BCUT2D eigenvalue weighted by atomic mass is 32.2. The third-order valence-corrected chi connectivity index (χ3v) is 5.94. The van der Waals surface area contributed by atoms with E-state index in [4.69, 9.17) is 11.5 Å². The molecule has 0 saturated heterocycles. The van der Waals surface area contributed by atoms with Gasteiger partial charge in [-0.2, -0.15) is 4.99 Å². The number of aliphatic imine (C=N–C) groups is 2. The Balaban J connectivity index is 1.94. The van der Waals surface area contributed by atoms with E-state index in [9.17, 15) is 18.5 Å². The molecule has 11 heteroatoms. The number of sulfone groups is 1. The Labute approximate surface area is 161 Å². The molecule has 1 aliphatic heterocycles. The summed E-state index contributed by atoms with van der Waals surface area (Å²) >= 11 is 0. The van der Waals surface area contributed by atoms with Crippen LogP contribution in [0.25, 0.3) is 0 Å². The van der Waals surface area contributed by atoms with Gasteiger partial charge in [0.25, 0.3) is 5.69 Å². The molecule has 10 nitrogen and oxygen atoms in total. The normalized spacial score (nSPS) is 16.3. The Morgan fingerprint density at radius 3 is 1.96 bits per heavy atom. The zero-order chi connectivity index (χ0) is 20.7. The maximum absolute atomic E-state index is 12.8. The lowest BCUT2D eigenvalue weighted by Crippen LogP contribution is -2.54. The van der Waals surface area contributed by atoms with E-state index in [1.165, 1.54) is 24.3 Å². The van der Waals surface area contributed by atoms with Gasteiger partial charge in [0.1, 0.15) is 5.66 Å². The van der Waals surface area contributed by atoms with Gasteiger partial charge in [-0.05, 0) is 50.2 Å². The van der Waals surface area contributed by atoms with Crippen LogP contribution < -0.4 is 16.4 Å². The summed E-state index contributed by atoms with van der Waals surface area (Å²) in [5, 5.41) is 10.7. The Hall–Kier alpha value is -3.47. The summed E-state index contributed by atoms with van der Waals surface area (Å²) in [5.74, 6) is 0.208. The first-order valence-corrected chi connectivity index (χ1v) is 9.60. The summed E-state index contributed by atoms with van der Waals surface area (Å²) in [6.07, 6.45) is 0. The molecule has 1 heterocycles. The van der Waals surface area contributed by atoms with E-state index in [-0.39, 0.29) is 27.4 Å². The van der Waals surface area contributed by atoms with Gasteiger partial charge in [-0.1, -0.05) is 0 Å². The third-order valence-electron chi connectivity index (χ3n) is 4.16. The van der Waals surface area contributed by atoms with Crippen LogP contribution in [0.4, 0.5) is 11.4 Å². The SMILES string of the molecule is CC1(C)N=C(N)N=C(N)N1c1ccc(S(=O)(=O)c2ccc([N+](=O)[O-])cc2)cc1. The predicted octanol–water partition coefficient (Wildman–Crippen LogP) is 1.61. The van der Waals surface area contributed by atoms with Crippen molar-refractivity contribution >= 4 is 33.1 Å². The molecule has 0 fully saturated rings. The van der Waals surface area contributed by atoms with Gasteiger partial charge < -0.3 is 11.5 Å². The Kier molecular flexibility index (Phi) is 4.55. The van der Waals surface area contributed by atoms with Gasteiger partial charge in [-0.3, -0.25) is 15.0 Å². The largest absolute Gasteiger partial charge is 0.369 e. The van der Waals surface area contributed by atoms with Crippen LogP contribution in [0.1, 0.15) is 13.8 Å². The lowest BCUT2D eigenvalue weighted by Gasteiger charge is -2.38. The molecule has 28 heavy (non-hydrogen) atoms. The highest BCUT2D eigenvalue weighted by Gasteiger charge is 2.33. The molecular formula is C17H18N6O4S. The van der Waals surface area contributed by atoms with Crippen LogP contribution in [0.15, 0.2) is 68.3 Å². The van der Waals surface area contributed by atoms with Gasteiger partial charge in [-0.25, -0.2) is 13.4 Å². The number of benzene rings is 2. The van der Waals surface area contributed by atoms with Crippen molar-refractivity contribution in [2.45, 2.75) is 29.3 Å². The van der Waals surface area contributed by atoms with Crippen molar-refractivity contribution in [3.8, 4) is 0 Å². The van der Waals surface area contributed by atoms with E-state index < -0.39 is 20.4 Å². The van der Waals surface area contributed by atoms with Gasteiger partial charge in [0.2, 0.25) is 21.8 Å². The van der Waals surface area contributed by atoms with Crippen LogP contribution in [0.2, 0.25) is 0 Å². The highest BCUT2D eigenvalue weighted by molar-refractivity contribution is 7.91. The topological polar surface area (TPSA) is 157 Å². The summed E-state index contributed by atoms with van der Waals surface area (Å²) in [6.45, 7) is 3.59. The predicted molar refractivity (Wildman–Crippen MR) is 105 cm³/mol. The molecule has 0 saturated carbocycles. The van der Waals surface area contributed by atoms with Crippen molar-refractivity contribution in [3.05, 3.63) is 58.6 Å². The number of nitro groups is 1. The average Bonchev–Trinajstić information content (AvgIpc) is 2.60. The molecule has 1 aliphatic rings. The fourth-order valence-electron chi connectivity index (χ4n) is 2.91. The van der Waals surface area contributed by atoms with Crippen molar-refractivity contribution in [1.82, 2.24) is 0 Å². The van der Waals surface area contributed by atoms with Crippen molar-refractivity contribution in [2.24, 2.45) is 21.5 Å². The first kappa shape index (κ1) is 19.3. The van der Waals surface area contributed by atoms with Crippen molar-refractivity contribution in [1.29, 1.82) is 0 Å². The zero-order valence-corrected chi connectivity index (χ0v) is 15.9. The minimum Gasteiger partial charge on any atom is -0.369 e. The molecule has 3 rings (SSSR count). The maximum Gasteiger partial charge on any atom is 0.269 e. The summed E-state index contributed by atoms with van der Waals surface area (Å²) < 4.78 is 25.5. The fraction of sp³-hybridized carbons (Fsp3) is 0.176. The maximum atomic E-state index is 12.8. The molecule has 0 spiro atoms. The molecule has 0 amide bonds. The Morgan fingerprint density at radius 1 is 1.00 bits per heavy atom. The summed E-state index contributed by atoms with van der Waals surface area (Å²) in [7, 11) is -3.83. The van der Waals surface area contributed by atoms with E-state index in [1.54, 1.807) is 30.9 Å². The Bertz CT molecular complexity index is 1090. The van der Waals surface area contributed by atoms with Crippen LogP contribution in [0.3, 0.4) is 0 Å². The number of hydrogen-bond donors (Lipinski definition) is 2. The third kappa shape index (κ3) is 3.39. The first-order valence-electron chi connectivity index (χ1n) is 8.12. The quantitative estimate of drug-likeness (QED) is 0.581. The molecule has 0 unspecified atom stereocenters. The van der Waals surface area contributed by atoms with Gasteiger partial charge in [0.15, 0.2) is 0 Å². The average molecular weight is 402 g/mol. The zero-order valence-electron chi connectivity index (χ0n) is 15.1. The lowest BCUT2D eigenvalue weighted by atomic mass is 10.1. The first-order chi connectivity index (χ1) is 13.0. The van der Waals surface area contributed by atoms with E-state index in [0.29, 0.717) is 5.69 Å². The van der Waals surface area contributed by atoms with E-state index in [0.717, 1.165) is 12.1 Å². The molecule has 146 valence electrons. The summed E-state index contributed by atoms with van der Waals surface area (Å²) in [4.78, 5) is 20.0. The van der Waals surface area contributed by atoms with E-state index in [1.807, 2.05) is 0 Å². The number of hydrogen-bond acceptors (Lipinski definition) is 9. The van der Waals surface area contributed by atoms with E-state index in [2.05, 4.69) is 9.98 Å². The lowest BCUT2D eigenvalue weighted by molar-refractivity contribution is -0.384. The molecule has 0 aromatic heterocycles. The minimum absolute atomic E-state index is 0.0393. The molecule has 0 bridgehead atoms. The van der Waals surface area contributed by atoms with Crippen LogP contribution >= 0.6 is 0 Å². The smallest absolute Gasteiger partial charge is 0.269 e. The van der Waals surface area contributed by atoms with Gasteiger partial charge >= 0.3 is 0 Å². The Morgan fingerprint density at radius 2 is 1.50 bits per heavy atom. The monoisotopic (exact) mass is 402 g/mol. The van der Waals surface area contributed by atoms with Crippen LogP contribution in [-0.2, 0) is 9.84 Å². The number of anilines is 1. The van der Waals surface area contributed by atoms with Crippen LogP contribution in [0.5, 0.6) is 0 Å².